The van der Waals surface area contributed by atoms with E-state index in [1.165, 1.54) is 0 Å². The minimum Gasteiger partial charge on any atom is -0.373 e. The van der Waals surface area contributed by atoms with Gasteiger partial charge in [-0.05, 0) is 13.8 Å². The van der Waals surface area contributed by atoms with Crippen LogP contribution in [0, 0.1) is 0 Å². The molecule has 82 valence electrons. The third kappa shape index (κ3) is 3.53. The van der Waals surface area contributed by atoms with Crippen molar-refractivity contribution in [2.45, 2.75) is 38.3 Å². The summed E-state index contributed by atoms with van der Waals surface area (Å²) >= 11 is 0. The largest absolute Gasteiger partial charge is 0.373 e. The summed E-state index contributed by atoms with van der Waals surface area (Å²) < 4.78 is 21.3. The van der Waals surface area contributed by atoms with Crippen LogP contribution in [0.4, 0.5) is 0 Å². The molecule has 0 aromatic rings. The molecule has 2 aliphatic heterocycles. The number of hydrogen-bond acceptors (Lipinski definition) is 4. The van der Waals surface area contributed by atoms with E-state index in [9.17, 15) is 0 Å². The SMILES string of the molecule is CC(OCC1CO1)C(C)OCC1CO1. The molecule has 0 aromatic carbocycles. The summed E-state index contributed by atoms with van der Waals surface area (Å²) in [7, 11) is 0. The van der Waals surface area contributed by atoms with Gasteiger partial charge in [0.2, 0.25) is 0 Å². The lowest BCUT2D eigenvalue weighted by atomic mass is 10.2. The highest BCUT2D eigenvalue weighted by Gasteiger charge is 2.27. The minimum atomic E-state index is 0.123. The Morgan fingerprint density at radius 3 is 1.64 bits per heavy atom. The van der Waals surface area contributed by atoms with E-state index in [2.05, 4.69) is 0 Å². The minimum absolute atomic E-state index is 0.123. The molecule has 0 aliphatic carbocycles. The molecule has 2 saturated heterocycles. The summed E-state index contributed by atoms with van der Waals surface area (Å²) in [5.41, 5.74) is 0. The molecule has 2 rings (SSSR count). The highest BCUT2D eigenvalue weighted by Crippen LogP contribution is 2.14. The molecule has 14 heavy (non-hydrogen) atoms. The molecule has 4 unspecified atom stereocenters. The van der Waals surface area contributed by atoms with Crippen molar-refractivity contribution in [2.75, 3.05) is 26.4 Å². The number of hydrogen-bond donors (Lipinski definition) is 0. The second-order valence-electron chi connectivity index (χ2n) is 3.99. The molecule has 0 bridgehead atoms. The Bertz CT molecular complexity index is 157. The zero-order valence-electron chi connectivity index (χ0n) is 8.77. The zero-order chi connectivity index (χ0) is 9.97. The highest BCUT2D eigenvalue weighted by molar-refractivity contribution is 4.72. The molecule has 0 amide bonds. The second-order valence-corrected chi connectivity index (χ2v) is 3.99. The molecule has 4 heteroatoms. The zero-order valence-corrected chi connectivity index (χ0v) is 8.77. The van der Waals surface area contributed by atoms with Gasteiger partial charge in [0.1, 0.15) is 12.2 Å². The maximum absolute atomic E-state index is 5.59. The first-order valence-electron chi connectivity index (χ1n) is 5.22. The smallest absolute Gasteiger partial charge is 0.104 e. The fraction of sp³-hybridized carbons (Fsp3) is 1.00. The molecular formula is C10H18O4. The van der Waals surface area contributed by atoms with Crippen LogP contribution in [0.3, 0.4) is 0 Å². The molecule has 2 aliphatic rings. The van der Waals surface area contributed by atoms with Gasteiger partial charge in [-0.1, -0.05) is 0 Å². The molecule has 0 radical (unpaired) electrons. The van der Waals surface area contributed by atoms with E-state index >= 15 is 0 Å². The van der Waals surface area contributed by atoms with Crippen LogP contribution in [0.1, 0.15) is 13.8 Å². The molecule has 0 spiro atoms. The number of epoxide rings is 2. The Labute approximate surface area is 84.5 Å². The molecule has 4 atom stereocenters. The molecule has 0 N–H and O–H groups in total. The third-order valence-electron chi connectivity index (χ3n) is 2.56. The summed E-state index contributed by atoms with van der Waals surface area (Å²) in [6, 6.07) is 0. The molecular weight excluding hydrogens is 184 g/mol. The Balaban J connectivity index is 1.53. The van der Waals surface area contributed by atoms with Crippen LogP contribution in [0.15, 0.2) is 0 Å². The summed E-state index contributed by atoms with van der Waals surface area (Å²) in [5, 5.41) is 0. The first-order chi connectivity index (χ1) is 6.75. The van der Waals surface area contributed by atoms with Crippen LogP contribution in [0.2, 0.25) is 0 Å². The van der Waals surface area contributed by atoms with Gasteiger partial charge in [-0.25, -0.2) is 0 Å². The monoisotopic (exact) mass is 202 g/mol. The van der Waals surface area contributed by atoms with Crippen LogP contribution in [-0.4, -0.2) is 50.8 Å². The van der Waals surface area contributed by atoms with E-state index in [-0.39, 0.29) is 12.2 Å². The lowest BCUT2D eigenvalue weighted by Crippen LogP contribution is -2.28. The van der Waals surface area contributed by atoms with Crippen LogP contribution in [0.25, 0.3) is 0 Å². The van der Waals surface area contributed by atoms with E-state index in [4.69, 9.17) is 18.9 Å². The predicted octanol–water partition coefficient (Wildman–Crippen LogP) is 0.594. The Kier molecular flexibility index (Phi) is 3.38. The average molecular weight is 202 g/mol. The Morgan fingerprint density at radius 2 is 1.36 bits per heavy atom. The van der Waals surface area contributed by atoms with Crippen molar-refractivity contribution in [3.8, 4) is 0 Å². The summed E-state index contributed by atoms with van der Waals surface area (Å²) in [4.78, 5) is 0. The number of ether oxygens (including phenoxy) is 4. The molecule has 0 aromatic heterocycles. The van der Waals surface area contributed by atoms with E-state index in [0.717, 1.165) is 13.2 Å². The normalized spacial score (nSPS) is 33.9. The second kappa shape index (κ2) is 4.57. The van der Waals surface area contributed by atoms with Crippen molar-refractivity contribution in [1.29, 1.82) is 0 Å². The van der Waals surface area contributed by atoms with Gasteiger partial charge in [-0.15, -0.1) is 0 Å². The first kappa shape index (κ1) is 10.4. The Morgan fingerprint density at radius 1 is 1.00 bits per heavy atom. The lowest BCUT2D eigenvalue weighted by molar-refractivity contribution is -0.0622. The van der Waals surface area contributed by atoms with Gasteiger partial charge in [0, 0.05) is 0 Å². The van der Waals surface area contributed by atoms with Crippen molar-refractivity contribution in [3.05, 3.63) is 0 Å². The van der Waals surface area contributed by atoms with Gasteiger partial charge in [0.25, 0.3) is 0 Å². The Hall–Kier alpha value is -0.160. The fourth-order valence-corrected chi connectivity index (χ4v) is 1.12. The van der Waals surface area contributed by atoms with Crippen LogP contribution in [-0.2, 0) is 18.9 Å². The van der Waals surface area contributed by atoms with E-state index in [1.807, 2.05) is 13.8 Å². The first-order valence-corrected chi connectivity index (χ1v) is 5.22. The van der Waals surface area contributed by atoms with Crippen molar-refractivity contribution < 1.29 is 18.9 Å². The van der Waals surface area contributed by atoms with Gasteiger partial charge in [-0.2, -0.15) is 0 Å². The van der Waals surface area contributed by atoms with E-state index in [0.29, 0.717) is 25.4 Å². The van der Waals surface area contributed by atoms with E-state index in [1.54, 1.807) is 0 Å². The maximum Gasteiger partial charge on any atom is 0.104 e. The summed E-state index contributed by atoms with van der Waals surface area (Å²) in [6.07, 6.45) is 0.906. The number of rotatable bonds is 7. The topological polar surface area (TPSA) is 43.5 Å². The van der Waals surface area contributed by atoms with Crippen molar-refractivity contribution in [2.24, 2.45) is 0 Å². The summed E-state index contributed by atoms with van der Waals surface area (Å²) in [6.45, 7) is 7.13. The van der Waals surface area contributed by atoms with Gasteiger partial charge in [0.15, 0.2) is 0 Å². The van der Waals surface area contributed by atoms with Gasteiger partial charge in [-0.3, -0.25) is 0 Å². The van der Waals surface area contributed by atoms with Gasteiger partial charge in [0.05, 0.1) is 38.6 Å². The quantitative estimate of drug-likeness (QED) is 0.567. The molecule has 2 heterocycles. The van der Waals surface area contributed by atoms with Gasteiger partial charge < -0.3 is 18.9 Å². The predicted molar refractivity (Wildman–Crippen MR) is 50.3 cm³/mol. The van der Waals surface area contributed by atoms with Crippen molar-refractivity contribution >= 4 is 0 Å². The molecule has 2 fully saturated rings. The van der Waals surface area contributed by atoms with E-state index < -0.39 is 0 Å². The molecule has 4 nitrogen and oxygen atoms in total. The van der Waals surface area contributed by atoms with Crippen LogP contribution < -0.4 is 0 Å². The standard InChI is InChI=1S/C10H18O4/c1-7(11-3-9-5-13-9)8(2)12-4-10-6-14-10/h7-10H,3-6H2,1-2H3. The molecule has 0 saturated carbocycles. The van der Waals surface area contributed by atoms with Crippen molar-refractivity contribution in [1.82, 2.24) is 0 Å². The lowest BCUT2D eigenvalue weighted by Gasteiger charge is -2.20. The van der Waals surface area contributed by atoms with Gasteiger partial charge >= 0.3 is 0 Å². The maximum atomic E-state index is 5.59. The van der Waals surface area contributed by atoms with Crippen LogP contribution in [0.5, 0.6) is 0 Å². The van der Waals surface area contributed by atoms with Crippen LogP contribution >= 0.6 is 0 Å². The average Bonchev–Trinajstić information content (AvgIpc) is 3.02. The highest BCUT2D eigenvalue weighted by atomic mass is 16.6. The summed E-state index contributed by atoms with van der Waals surface area (Å²) in [5.74, 6) is 0. The fourth-order valence-electron chi connectivity index (χ4n) is 1.12. The third-order valence-corrected chi connectivity index (χ3v) is 2.56. The van der Waals surface area contributed by atoms with Crippen molar-refractivity contribution in [3.63, 3.8) is 0 Å².